The number of amides is 1. The van der Waals surface area contributed by atoms with Crippen molar-refractivity contribution in [3.8, 4) is 11.5 Å². The molecule has 1 saturated heterocycles. The van der Waals surface area contributed by atoms with Crippen LogP contribution in [0.25, 0.3) is 0 Å². The molecule has 1 aromatic carbocycles. The molecule has 0 aliphatic carbocycles. The highest BCUT2D eigenvalue weighted by Crippen LogP contribution is 2.30. The van der Waals surface area contributed by atoms with Crippen LogP contribution in [0.2, 0.25) is 0 Å². The number of hydrogen-bond donors (Lipinski definition) is 2. The lowest BCUT2D eigenvalue weighted by Crippen LogP contribution is -2.50. The number of nitrogen functional groups attached to an aromatic ring is 1. The zero-order valence-corrected chi connectivity index (χ0v) is 16.0. The minimum atomic E-state index is -0.451. The van der Waals surface area contributed by atoms with Crippen LogP contribution in [0, 0.1) is 0 Å². The number of carbonyl (C=O) groups excluding carboxylic acids is 1. The molecule has 0 unspecified atom stereocenters. The lowest BCUT2D eigenvalue weighted by Gasteiger charge is -2.35. The molecule has 1 fully saturated rings. The van der Waals surface area contributed by atoms with Gasteiger partial charge in [0.15, 0.2) is 0 Å². The van der Waals surface area contributed by atoms with Gasteiger partial charge in [0.1, 0.15) is 22.8 Å². The monoisotopic (exact) mass is 365 g/mol. The van der Waals surface area contributed by atoms with Gasteiger partial charge in [0.05, 0.1) is 6.61 Å². The van der Waals surface area contributed by atoms with Crippen LogP contribution in [0.4, 0.5) is 10.5 Å². The molecule has 0 radical (unpaired) electrons. The van der Waals surface area contributed by atoms with Gasteiger partial charge in [-0.15, -0.1) is 0 Å². The van der Waals surface area contributed by atoms with Gasteiger partial charge in [-0.05, 0) is 52.3 Å². The minimum absolute atomic E-state index is 0.0466. The molecule has 1 aliphatic rings. The number of para-hydroxylation sites is 1. The van der Waals surface area contributed by atoms with E-state index in [9.17, 15) is 9.90 Å². The summed E-state index contributed by atoms with van der Waals surface area (Å²) in [6.07, 6.45) is 1.68. The summed E-state index contributed by atoms with van der Waals surface area (Å²) in [4.78, 5) is 16.2. The summed E-state index contributed by atoms with van der Waals surface area (Å²) >= 11 is 0. The van der Waals surface area contributed by atoms with Crippen molar-refractivity contribution in [3.05, 3.63) is 18.2 Å². The Bertz CT molecular complexity index is 593. The Morgan fingerprint density at radius 2 is 1.88 bits per heavy atom. The Morgan fingerprint density at radius 3 is 2.54 bits per heavy atom. The molecule has 1 aromatic rings. The molecule has 2 rings (SSSR count). The standard InChI is InChI=1S/C19H31N3O4/c1-19(2,3)26-18(24)22-12-10-21(11-13-22)9-4-5-14-25-16-8-6-7-15(23)17(16)20/h6-8,23H,4-5,9-14,20H2,1-3H3. The summed E-state index contributed by atoms with van der Waals surface area (Å²) in [5, 5.41) is 9.55. The molecule has 1 heterocycles. The topological polar surface area (TPSA) is 88.3 Å². The predicted octanol–water partition coefficient (Wildman–Crippen LogP) is 2.69. The van der Waals surface area contributed by atoms with Gasteiger partial charge in [-0.25, -0.2) is 4.79 Å². The second-order valence-corrected chi connectivity index (χ2v) is 7.55. The number of nitrogens with two attached hydrogens (primary N) is 1. The second-order valence-electron chi connectivity index (χ2n) is 7.55. The Kier molecular flexibility index (Phi) is 6.97. The van der Waals surface area contributed by atoms with Gasteiger partial charge in [-0.3, -0.25) is 4.90 Å². The molecular weight excluding hydrogens is 334 g/mol. The van der Waals surface area contributed by atoms with Crippen molar-refractivity contribution in [2.24, 2.45) is 0 Å². The highest BCUT2D eigenvalue weighted by molar-refractivity contribution is 5.68. The second kappa shape index (κ2) is 8.98. The van der Waals surface area contributed by atoms with Crippen LogP contribution in [0.5, 0.6) is 11.5 Å². The average molecular weight is 365 g/mol. The fourth-order valence-electron chi connectivity index (χ4n) is 2.76. The molecule has 0 bridgehead atoms. The van der Waals surface area contributed by atoms with E-state index in [1.165, 1.54) is 0 Å². The lowest BCUT2D eigenvalue weighted by atomic mass is 10.2. The van der Waals surface area contributed by atoms with E-state index in [0.717, 1.165) is 32.5 Å². The molecular formula is C19H31N3O4. The van der Waals surface area contributed by atoms with Crippen LogP contribution in [-0.4, -0.2) is 65.9 Å². The Balaban J connectivity index is 1.60. The molecule has 0 spiro atoms. The van der Waals surface area contributed by atoms with Crippen LogP contribution >= 0.6 is 0 Å². The Labute approximate surface area is 155 Å². The number of unbranched alkanes of at least 4 members (excludes halogenated alkanes) is 1. The van der Waals surface area contributed by atoms with E-state index in [-0.39, 0.29) is 17.5 Å². The number of anilines is 1. The maximum absolute atomic E-state index is 12.0. The first-order valence-electron chi connectivity index (χ1n) is 9.17. The van der Waals surface area contributed by atoms with E-state index in [0.29, 0.717) is 25.4 Å². The number of phenols is 1. The lowest BCUT2D eigenvalue weighted by molar-refractivity contribution is 0.0144. The molecule has 26 heavy (non-hydrogen) atoms. The summed E-state index contributed by atoms with van der Waals surface area (Å²) in [6.45, 7) is 10.3. The third-order valence-electron chi connectivity index (χ3n) is 4.19. The van der Waals surface area contributed by atoms with Crippen molar-refractivity contribution in [1.29, 1.82) is 0 Å². The number of rotatable bonds is 6. The number of piperazine rings is 1. The van der Waals surface area contributed by atoms with Gasteiger partial charge >= 0.3 is 6.09 Å². The number of nitrogens with zero attached hydrogens (tertiary/aromatic N) is 2. The van der Waals surface area contributed by atoms with Crippen LogP contribution in [-0.2, 0) is 4.74 Å². The van der Waals surface area contributed by atoms with Gasteiger partial charge in [-0.1, -0.05) is 6.07 Å². The smallest absolute Gasteiger partial charge is 0.410 e. The molecule has 7 heteroatoms. The van der Waals surface area contributed by atoms with E-state index in [4.69, 9.17) is 15.2 Å². The van der Waals surface area contributed by atoms with Gasteiger partial charge in [0, 0.05) is 26.2 Å². The third kappa shape index (κ3) is 6.29. The summed E-state index contributed by atoms with van der Waals surface area (Å²) in [5.74, 6) is 0.571. The third-order valence-corrected chi connectivity index (χ3v) is 4.19. The molecule has 3 N–H and O–H groups in total. The van der Waals surface area contributed by atoms with Crippen molar-refractivity contribution in [2.45, 2.75) is 39.2 Å². The van der Waals surface area contributed by atoms with Crippen molar-refractivity contribution < 1.29 is 19.4 Å². The van der Waals surface area contributed by atoms with E-state index < -0.39 is 5.60 Å². The van der Waals surface area contributed by atoms with Crippen LogP contribution in [0.1, 0.15) is 33.6 Å². The number of carbonyl (C=O) groups is 1. The van der Waals surface area contributed by atoms with Gasteiger partial charge in [-0.2, -0.15) is 0 Å². The zero-order chi connectivity index (χ0) is 19.2. The highest BCUT2D eigenvalue weighted by Gasteiger charge is 2.25. The Hall–Kier alpha value is -2.15. The van der Waals surface area contributed by atoms with Gasteiger partial charge in [0.25, 0.3) is 0 Å². The van der Waals surface area contributed by atoms with Crippen molar-refractivity contribution in [1.82, 2.24) is 9.80 Å². The number of ether oxygens (including phenoxy) is 2. The molecule has 146 valence electrons. The van der Waals surface area contributed by atoms with Gasteiger partial charge < -0.3 is 25.2 Å². The fourth-order valence-corrected chi connectivity index (χ4v) is 2.76. The van der Waals surface area contributed by atoms with E-state index >= 15 is 0 Å². The predicted molar refractivity (Wildman–Crippen MR) is 101 cm³/mol. The molecule has 7 nitrogen and oxygen atoms in total. The van der Waals surface area contributed by atoms with E-state index in [1.54, 1.807) is 23.1 Å². The number of phenolic OH excluding ortho intramolecular Hbond substituents is 1. The molecule has 0 atom stereocenters. The summed E-state index contributed by atoms with van der Waals surface area (Å²) in [7, 11) is 0. The number of hydrogen-bond acceptors (Lipinski definition) is 6. The normalized spacial score (nSPS) is 15.7. The first kappa shape index (κ1) is 20.2. The maximum Gasteiger partial charge on any atom is 0.410 e. The van der Waals surface area contributed by atoms with Crippen LogP contribution in [0.3, 0.4) is 0 Å². The van der Waals surface area contributed by atoms with Crippen molar-refractivity contribution >= 4 is 11.8 Å². The Morgan fingerprint density at radius 1 is 1.19 bits per heavy atom. The largest absolute Gasteiger partial charge is 0.506 e. The maximum atomic E-state index is 12.0. The fraction of sp³-hybridized carbons (Fsp3) is 0.632. The summed E-state index contributed by atoms with van der Waals surface area (Å²) in [5.41, 5.74) is 5.60. The SMILES string of the molecule is CC(C)(C)OC(=O)N1CCN(CCCCOc2cccc(O)c2N)CC1. The summed E-state index contributed by atoms with van der Waals surface area (Å²) < 4.78 is 11.0. The average Bonchev–Trinajstić information content (AvgIpc) is 2.57. The number of aromatic hydroxyl groups is 1. The van der Waals surface area contributed by atoms with E-state index in [2.05, 4.69) is 4.90 Å². The van der Waals surface area contributed by atoms with Crippen molar-refractivity contribution in [2.75, 3.05) is 45.1 Å². The van der Waals surface area contributed by atoms with Gasteiger partial charge in [0.2, 0.25) is 0 Å². The minimum Gasteiger partial charge on any atom is -0.506 e. The van der Waals surface area contributed by atoms with Crippen LogP contribution in [0.15, 0.2) is 18.2 Å². The zero-order valence-electron chi connectivity index (χ0n) is 16.0. The molecule has 1 amide bonds. The molecule has 0 saturated carbocycles. The number of benzene rings is 1. The van der Waals surface area contributed by atoms with E-state index in [1.807, 2.05) is 20.8 Å². The quantitative estimate of drug-likeness (QED) is 0.458. The molecule has 0 aromatic heterocycles. The molecule has 1 aliphatic heterocycles. The summed E-state index contributed by atoms with van der Waals surface area (Å²) in [6, 6.07) is 5.01. The first-order valence-corrected chi connectivity index (χ1v) is 9.17. The van der Waals surface area contributed by atoms with Crippen LogP contribution < -0.4 is 10.5 Å². The first-order chi connectivity index (χ1) is 12.3. The van der Waals surface area contributed by atoms with Crippen molar-refractivity contribution in [3.63, 3.8) is 0 Å². The highest BCUT2D eigenvalue weighted by atomic mass is 16.6.